The summed E-state index contributed by atoms with van der Waals surface area (Å²) >= 11 is 0. The lowest BCUT2D eigenvalue weighted by atomic mass is 10.1. The monoisotopic (exact) mass is 265 g/mol. The van der Waals surface area contributed by atoms with E-state index in [0.717, 1.165) is 25.8 Å². The van der Waals surface area contributed by atoms with Crippen LogP contribution in [0, 0.1) is 12.7 Å². The highest BCUT2D eigenvalue weighted by atomic mass is 19.1. The number of hydrogen-bond donors (Lipinski definition) is 0. The molecule has 0 spiro atoms. The Morgan fingerprint density at radius 3 is 2.58 bits per heavy atom. The molecule has 1 amide bonds. The fourth-order valence-electron chi connectivity index (χ4n) is 1.96. The van der Waals surface area contributed by atoms with Crippen molar-refractivity contribution in [2.45, 2.75) is 53.0 Å². The predicted octanol–water partition coefficient (Wildman–Crippen LogP) is 4.17. The van der Waals surface area contributed by atoms with Gasteiger partial charge in [-0.2, -0.15) is 0 Å². The first-order chi connectivity index (χ1) is 9.01. The minimum Gasteiger partial charge on any atom is -0.336 e. The van der Waals surface area contributed by atoms with E-state index < -0.39 is 0 Å². The van der Waals surface area contributed by atoms with Gasteiger partial charge in [0.05, 0.1) is 0 Å². The number of carbonyl (C=O) groups is 1. The Kier molecular flexibility index (Phi) is 6.00. The van der Waals surface area contributed by atoms with Gasteiger partial charge in [0.25, 0.3) is 5.91 Å². The first-order valence-electron chi connectivity index (χ1n) is 7.08. The number of nitrogens with zero attached hydrogens (tertiary/aromatic N) is 1. The van der Waals surface area contributed by atoms with Crippen LogP contribution >= 0.6 is 0 Å². The van der Waals surface area contributed by atoms with Crippen LogP contribution in [0.5, 0.6) is 0 Å². The standard InChI is InChI=1S/C16H24FNO/c1-5-7-10-18(13(4)6-2)16(19)14-9-8-12(3)15(17)11-14/h8-9,11,13H,5-7,10H2,1-4H3. The molecular formula is C16H24FNO. The molecule has 1 rings (SSSR count). The number of rotatable bonds is 6. The Morgan fingerprint density at radius 1 is 1.37 bits per heavy atom. The lowest BCUT2D eigenvalue weighted by Crippen LogP contribution is -2.39. The molecule has 2 nitrogen and oxygen atoms in total. The topological polar surface area (TPSA) is 20.3 Å². The van der Waals surface area contributed by atoms with Crippen LogP contribution < -0.4 is 0 Å². The maximum Gasteiger partial charge on any atom is 0.254 e. The highest BCUT2D eigenvalue weighted by Gasteiger charge is 2.20. The normalized spacial score (nSPS) is 12.3. The molecular weight excluding hydrogens is 241 g/mol. The number of halogens is 1. The minimum atomic E-state index is -0.314. The molecule has 1 aromatic carbocycles. The molecule has 0 N–H and O–H groups in total. The number of carbonyl (C=O) groups excluding carboxylic acids is 1. The van der Waals surface area contributed by atoms with Gasteiger partial charge in [-0.3, -0.25) is 4.79 Å². The molecule has 0 aliphatic carbocycles. The molecule has 0 saturated heterocycles. The maximum atomic E-state index is 13.6. The number of hydrogen-bond acceptors (Lipinski definition) is 1. The maximum absolute atomic E-state index is 13.6. The zero-order valence-electron chi connectivity index (χ0n) is 12.4. The molecule has 0 saturated carbocycles. The molecule has 1 aromatic rings. The van der Waals surface area contributed by atoms with Gasteiger partial charge in [0, 0.05) is 18.2 Å². The van der Waals surface area contributed by atoms with Gasteiger partial charge < -0.3 is 4.90 Å². The van der Waals surface area contributed by atoms with Crippen LogP contribution in [0.3, 0.4) is 0 Å². The van der Waals surface area contributed by atoms with Crippen molar-refractivity contribution in [3.8, 4) is 0 Å². The van der Waals surface area contributed by atoms with Crippen molar-refractivity contribution in [1.82, 2.24) is 4.90 Å². The van der Waals surface area contributed by atoms with Crippen LogP contribution in [0.15, 0.2) is 18.2 Å². The van der Waals surface area contributed by atoms with Gasteiger partial charge in [0.2, 0.25) is 0 Å². The summed E-state index contributed by atoms with van der Waals surface area (Å²) < 4.78 is 13.6. The van der Waals surface area contributed by atoms with Crippen LogP contribution in [0.1, 0.15) is 56.0 Å². The molecule has 106 valence electrons. The Morgan fingerprint density at radius 2 is 2.05 bits per heavy atom. The number of aryl methyl sites for hydroxylation is 1. The van der Waals surface area contributed by atoms with Crippen molar-refractivity contribution in [3.05, 3.63) is 35.1 Å². The summed E-state index contributed by atoms with van der Waals surface area (Å²) in [6.07, 6.45) is 2.93. The Bertz CT molecular complexity index is 431. The highest BCUT2D eigenvalue weighted by molar-refractivity contribution is 5.94. The number of amides is 1. The summed E-state index contributed by atoms with van der Waals surface area (Å²) in [5.74, 6) is -0.382. The second-order valence-electron chi connectivity index (χ2n) is 5.07. The SMILES string of the molecule is CCCCN(C(=O)c1ccc(C)c(F)c1)C(C)CC. The smallest absolute Gasteiger partial charge is 0.254 e. The van der Waals surface area contributed by atoms with E-state index in [1.54, 1.807) is 19.1 Å². The van der Waals surface area contributed by atoms with Crippen molar-refractivity contribution in [2.75, 3.05) is 6.54 Å². The van der Waals surface area contributed by atoms with E-state index in [-0.39, 0.29) is 17.8 Å². The number of unbranched alkanes of at least 4 members (excludes halogenated alkanes) is 1. The molecule has 0 aliphatic rings. The summed E-state index contributed by atoms with van der Waals surface area (Å²) in [5, 5.41) is 0. The van der Waals surface area contributed by atoms with Crippen LogP contribution in [0.2, 0.25) is 0 Å². The fourth-order valence-corrected chi connectivity index (χ4v) is 1.96. The van der Waals surface area contributed by atoms with Gasteiger partial charge in [0.15, 0.2) is 0 Å². The second-order valence-corrected chi connectivity index (χ2v) is 5.07. The fraction of sp³-hybridized carbons (Fsp3) is 0.562. The molecule has 19 heavy (non-hydrogen) atoms. The molecule has 3 heteroatoms. The minimum absolute atomic E-state index is 0.0679. The molecule has 0 heterocycles. The molecule has 0 radical (unpaired) electrons. The lowest BCUT2D eigenvalue weighted by molar-refractivity contribution is 0.0685. The Labute approximate surface area is 115 Å². The molecule has 1 atom stereocenters. The van der Waals surface area contributed by atoms with Crippen molar-refractivity contribution < 1.29 is 9.18 Å². The van der Waals surface area contributed by atoms with Crippen LogP contribution in [0.25, 0.3) is 0 Å². The zero-order chi connectivity index (χ0) is 14.4. The Hall–Kier alpha value is -1.38. The van der Waals surface area contributed by atoms with E-state index in [4.69, 9.17) is 0 Å². The van der Waals surface area contributed by atoms with Crippen molar-refractivity contribution >= 4 is 5.91 Å². The summed E-state index contributed by atoms with van der Waals surface area (Å²) in [5.41, 5.74) is 1.01. The summed E-state index contributed by atoms with van der Waals surface area (Å²) in [4.78, 5) is 14.3. The van der Waals surface area contributed by atoms with E-state index >= 15 is 0 Å². The summed E-state index contributed by atoms with van der Waals surface area (Å²) in [6.45, 7) is 8.64. The van der Waals surface area contributed by atoms with Crippen LogP contribution in [0.4, 0.5) is 4.39 Å². The zero-order valence-corrected chi connectivity index (χ0v) is 12.4. The largest absolute Gasteiger partial charge is 0.336 e. The average molecular weight is 265 g/mol. The molecule has 0 fully saturated rings. The molecule has 0 bridgehead atoms. The first kappa shape index (κ1) is 15.7. The Balaban J connectivity index is 2.94. The van der Waals surface area contributed by atoms with Crippen molar-refractivity contribution in [3.63, 3.8) is 0 Å². The second kappa shape index (κ2) is 7.27. The van der Waals surface area contributed by atoms with Gasteiger partial charge >= 0.3 is 0 Å². The van der Waals surface area contributed by atoms with Gasteiger partial charge in [-0.05, 0) is 44.4 Å². The van der Waals surface area contributed by atoms with Gasteiger partial charge in [-0.25, -0.2) is 4.39 Å². The molecule has 0 aromatic heterocycles. The third-order valence-corrected chi connectivity index (χ3v) is 3.56. The number of benzene rings is 1. The molecule has 1 unspecified atom stereocenters. The summed E-state index contributed by atoms with van der Waals surface area (Å²) in [7, 11) is 0. The van der Waals surface area contributed by atoms with E-state index in [2.05, 4.69) is 13.8 Å². The van der Waals surface area contributed by atoms with Crippen molar-refractivity contribution in [1.29, 1.82) is 0 Å². The van der Waals surface area contributed by atoms with Crippen LogP contribution in [-0.2, 0) is 0 Å². The average Bonchev–Trinajstić information content (AvgIpc) is 2.41. The van der Waals surface area contributed by atoms with E-state index in [1.807, 2.05) is 11.8 Å². The predicted molar refractivity (Wildman–Crippen MR) is 76.8 cm³/mol. The van der Waals surface area contributed by atoms with E-state index in [9.17, 15) is 9.18 Å². The molecule has 0 aliphatic heterocycles. The van der Waals surface area contributed by atoms with Crippen LogP contribution in [-0.4, -0.2) is 23.4 Å². The van der Waals surface area contributed by atoms with E-state index in [0.29, 0.717) is 11.1 Å². The third-order valence-electron chi connectivity index (χ3n) is 3.56. The van der Waals surface area contributed by atoms with E-state index in [1.165, 1.54) is 6.07 Å². The third kappa shape index (κ3) is 4.05. The van der Waals surface area contributed by atoms with Gasteiger partial charge in [-0.15, -0.1) is 0 Å². The highest BCUT2D eigenvalue weighted by Crippen LogP contribution is 2.15. The summed E-state index contributed by atoms with van der Waals surface area (Å²) in [6, 6.07) is 4.90. The van der Waals surface area contributed by atoms with Crippen molar-refractivity contribution in [2.24, 2.45) is 0 Å². The van der Waals surface area contributed by atoms with Gasteiger partial charge in [-0.1, -0.05) is 26.3 Å². The quantitative estimate of drug-likeness (QED) is 0.755. The lowest BCUT2D eigenvalue weighted by Gasteiger charge is -2.28. The van der Waals surface area contributed by atoms with Gasteiger partial charge in [0.1, 0.15) is 5.82 Å². The first-order valence-corrected chi connectivity index (χ1v) is 7.08.